The predicted molar refractivity (Wildman–Crippen MR) is 99.0 cm³/mol. The average molecular weight is 352 g/mol. The van der Waals surface area contributed by atoms with Crippen molar-refractivity contribution in [1.82, 2.24) is 0 Å². The van der Waals surface area contributed by atoms with Crippen LogP contribution in [0.1, 0.15) is 24.0 Å². The van der Waals surface area contributed by atoms with Crippen molar-refractivity contribution in [1.29, 1.82) is 5.26 Å². The first-order chi connectivity index (χ1) is 12.6. The number of nitrogens with zero attached hydrogens (tertiary/aromatic N) is 2. The molecule has 3 rings (SSSR count). The first-order valence-electron chi connectivity index (χ1n) is 8.64. The molecule has 1 amide bonds. The van der Waals surface area contributed by atoms with Gasteiger partial charge in [0.1, 0.15) is 17.4 Å². The highest BCUT2D eigenvalue weighted by molar-refractivity contribution is 5.77. The molecule has 0 aliphatic carbocycles. The van der Waals surface area contributed by atoms with E-state index in [9.17, 15) is 9.18 Å². The van der Waals surface area contributed by atoms with Crippen molar-refractivity contribution in [2.24, 2.45) is 11.7 Å². The zero-order valence-corrected chi connectivity index (χ0v) is 14.4. The fourth-order valence-electron chi connectivity index (χ4n) is 3.25. The summed E-state index contributed by atoms with van der Waals surface area (Å²) in [5.74, 6) is -0.858. The number of hydrogen-bond acceptors (Lipinski definition) is 4. The largest absolute Gasteiger partial charge is 0.380 e. The summed E-state index contributed by atoms with van der Waals surface area (Å²) in [4.78, 5) is 13.6. The van der Waals surface area contributed by atoms with Crippen LogP contribution in [0.5, 0.6) is 0 Å². The number of nitriles is 1. The third-order valence-corrected chi connectivity index (χ3v) is 4.73. The van der Waals surface area contributed by atoms with Crippen molar-refractivity contribution in [3.8, 4) is 6.07 Å². The first kappa shape index (κ1) is 17.7. The van der Waals surface area contributed by atoms with Crippen LogP contribution in [0.3, 0.4) is 0 Å². The van der Waals surface area contributed by atoms with Crippen LogP contribution in [0.25, 0.3) is 0 Å². The average Bonchev–Trinajstić information content (AvgIpc) is 2.67. The second kappa shape index (κ2) is 7.87. The standard InChI is InChI=1S/C20H21FN4O/c21-18-4-1-5-19(17(18)11-22)24-12-14-6-8-16(9-7-14)25-10-2-3-15(13-25)20(23)26/h1,4-9,15,24H,2-3,10,12-13H2,(H2,23,26). The maximum absolute atomic E-state index is 13.6. The van der Waals surface area contributed by atoms with E-state index in [0.717, 1.165) is 30.6 Å². The molecule has 1 aliphatic rings. The van der Waals surface area contributed by atoms with Crippen LogP contribution in [0.2, 0.25) is 0 Å². The Morgan fingerprint density at radius 3 is 2.77 bits per heavy atom. The van der Waals surface area contributed by atoms with Gasteiger partial charge in [-0.1, -0.05) is 18.2 Å². The molecule has 1 atom stereocenters. The van der Waals surface area contributed by atoms with Crippen LogP contribution in [-0.2, 0) is 11.3 Å². The first-order valence-corrected chi connectivity index (χ1v) is 8.64. The second-order valence-electron chi connectivity index (χ2n) is 6.48. The number of piperidine rings is 1. The fourth-order valence-corrected chi connectivity index (χ4v) is 3.25. The smallest absolute Gasteiger partial charge is 0.222 e. The molecule has 0 aromatic heterocycles. The summed E-state index contributed by atoms with van der Waals surface area (Å²) in [6.45, 7) is 2.06. The van der Waals surface area contributed by atoms with Crippen LogP contribution in [-0.4, -0.2) is 19.0 Å². The van der Waals surface area contributed by atoms with Crippen LogP contribution in [0.15, 0.2) is 42.5 Å². The molecule has 1 aliphatic heterocycles. The normalized spacial score (nSPS) is 16.8. The van der Waals surface area contributed by atoms with E-state index in [4.69, 9.17) is 11.0 Å². The number of rotatable bonds is 5. The van der Waals surface area contributed by atoms with E-state index in [2.05, 4.69) is 10.2 Å². The van der Waals surface area contributed by atoms with Gasteiger partial charge in [-0.25, -0.2) is 4.39 Å². The summed E-state index contributed by atoms with van der Waals surface area (Å²) in [6, 6.07) is 14.4. The summed E-state index contributed by atoms with van der Waals surface area (Å²) < 4.78 is 13.6. The van der Waals surface area contributed by atoms with Gasteiger partial charge in [-0.15, -0.1) is 0 Å². The maximum Gasteiger partial charge on any atom is 0.222 e. The van der Waals surface area contributed by atoms with E-state index in [1.807, 2.05) is 30.3 Å². The number of benzene rings is 2. The highest BCUT2D eigenvalue weighted by atomic mass is 19.1. The summed E-state index contributed by atoms with van der Waals surface area (Å²) in [5.41, 5.74) is 8.02. The topological polar surface area (TPSA) is 82.2 Å². The number of primary amides is 1. The number of amides is 1. The summed E-state index contributed by atoms with van der Waals surface area (Å²) in [5, 5.41) is 12.2. The Morgan fingerprint density at radius 1 is 1.31 bits per heavy atom. The number of nitrogens with one attached hydrogen (secondary N) is 1. The minimum atomic E-state index is -0.526. The van der Waals surface area contributed by atoms with Gasteiger partial charge in [0.15, 0.2) is 0 Å². The Labute approximate surface area is 152 Å². The lowest BCUT2D eigenvalue weighted by Gasteiger charge is -2.33. The third kappa shape index (κ3) is 3.94. The lowest BCUT2D eigenvalue weighted by atomic mass is 9.97. The third-order valence-electron chi connectivity index (χ3n) is 4.73. The van der Waals surface area contributed by atoms with E-state index in [1.165, 1.54) is 6.07 Å². The van der Waals surface area contributed by atoms with Crippen molar-refractivity contribution in [2.45, 2.75) is 19.4 Å². The predicted octanol–water partition coefficient (Wildman–Crippen LogP) is 3.01. The Bertz CT molecular complexity index is 829. The minimum absolute atomic E-state index is 0.0231. The number of anilines is 2. The van der Waals surface area contributed by atoms with Gasteiger partial charge in [0.2, 0.25) is 5.91 Å². The van der Waals surface area contributed by atoms with Gasteiger partial charge >= 0.3 is 0 Å². The Balaban J connectivity index is 1.64. The van der Waals surface area contributed by atoms with Crippen molar-refractivity contribution in [3.05, 3.63) is 59.4 Å². The summed E-state index contributed by atoms with van der Waals surface area (Å²) in [6.07, 6.45) is 1.80. The summed E-state index contributed by atoms with van der Waals surface area (Å²) in [7, 11) is 0. The number of carbonyl (C=O) groups is 1. The molecule has 1 saturated heterocycles. The SMILES string of the molecule is N#Cc1c(F)cccc1NCc1ccc(N2CCCC(C(N)=O)C2)cc1. The van der Waals surface area contributed by atoms with Gasteiger partial charge in [-0.05, 0) is 42.7 Å². The fraction of sp³-hybridized carbons (Fsp3) is 0.300. The molecule has 0 spiro atoms. The van der Waals surface area contributed by atoms with Crippen molar-refractivity contribution in [3.63, 3.8) is 0 Å². The Morgan fingerprint density at radius 2 is 2.08 bits per heavy atom. The van der Waals surface area contributed by atoms with E-state index in [-0.39, 0.29) is 17.4 Å². The lowest BCUT2D eigenvalue weighted by Crippen LogP contribution is -2.41. The van der Waals surface area contributed by atoms with Gasteiger partial charge in [-0.2, -0.15) is 5.26 Å². The maximum atomic E-state index is 13.6. The molecule has 26 heavy (non-hydrogen) atoms. The van der Waals surface area contributed by atoms with Crippen LogP contribution in [0.4, 0.5) is 15.8 Å². The zero-order valence-electron chi connectivity index (χ0n) is 14.4. The number of hydrogen-bond donors (Lipinski definition) is 2. The van der Waals surface area contributed by atoms with Crippen LogP contribution >= 0.6 is 0 Å². The highest BCUT2D eigenvalue weighted by Crippen LogP contribution is 2.24. The molecule has 134 valence electrons. The molecular weight excluding hydrogens is 331 g/mol. The van der Waals surface area contributed by atoms with Gasteiger partial charge in [0, 0.05) is 25.3 Å². The molecular formula is C20H21FN4O. The van der Waals surface area contributed by atoms with Gasteiger partial charge in [0.25, 0.3) is 0 Å². The van der Waals surface area contributed by atoms with E-state index in [0.29, 0.717) is 18.8 Å². The van der Waals surface area contributed by atoms with Crippen molar-refractivity contribution in [2.75, 3.05) is 23.3 Å². The van der Waals surface area contributed by atoms with Crippen LogP contribution < -0.4 is 16.0 Å². The van der Waals surface area contributed by atoms with Crippen molar-refractivity contribution < 1.29 is 9.18 Å². The number of carbonyl (C=O) groups excluding carboxylic acids is 1. The zero-order chi connectivity index (χ0) is 18.5. The molecule has 3 N–H and O–H groups in total. The minimum Gasteiger partial charge on any atom is -0.380 e. The molecule has 1 unspecified atom stereocenters. The molecule has 0 bridgehead atoms. The quantitative estimate of drug-likeness (QED) is 0.867. The molecule has 5 nitrogen and oxygen atoms in total. The monoisotopic (exact) mass is 352 g/mol. The van der Waals surface area contributed by atoms with Gasteiger partial charge in [0.05, 0.1) is 11.6 Å². The van der Waals surface area contributed by atoms with Crippen LogP contribution in [0, 0.1) is 23.1 Å². The molecule has 2 aromatic carbocycles. The van der Waals surface area contributed by atoms with E-state index in [1.54, 1.807) is 12.1 Å². The number of nitrogens with two attached hydrogens (primary N) is 1. The molecule has 1 heterocycles. The summed E-state index contributed by atoms with van der Waals surface area (Å²) >= 11 is 0. The van der Waals surface area contributed by atoms with Gasteiger partial charge in [-0.3, -0.25) is 4.79 Å². The molecule has 1 fully saturated rings. The highest BCUT2D eigenvalue weighted by Gasteiger charge is 2.24. The van der Waals surface area contributed by atoms with E-state index < -0.39 is 5.82 Å². The lowest BCUT2D eigenvalue weighted by molar-refractivity contribution is -0.122. The second-order valence-corrected chi connectivity index (χ2v) is 6.48. The van der Waals surface area contributed by atoms with Crippen molar-refractivity contribution >= 4 is 17.3 Å². The molecule has 0 radical (unpaired) electrons. The number of halogens is 1. The Hall–Kier alpha value is -3.07. The molecule has 6 heteroatoms. The Kier molecular flexibility index (Phi) is 5.37. The molecule has 2 aromatic rings. The van der Waals surface area contributed by atoms with Gasteiger partial charge < -0.3 is 16.0 Å². The molecule has 0 saturated carbocycles. The van der Waals surface area contributed by atoms with E-state index >= 15 is 0 Å².